The van der Waals surface area contributed by atoms with E-state index in [1.165, 1.54) is 18.6 Å². The van der Waals surface area contributed by atoms with E-state index in [9.17, 15) is 14.0 Å². The summed E-state index contributed by atoms with van der Waals surface area (Å²) in [5.41, 5.74) is 2.99. The van der Waals surface area contributed by atoms with Crippen LogP contribution < -0.4 is 10.2 Å². The van der Waals surface area contributed by atoms with Crippen LogP contribution in [0.5, 0.6) is 0 Å². The standard InChI is InChI=1S/C26H32FN3O2/c1-19-11-15-30(16-12-19)26(32)23-18-22(9-10-24(23)29-13-3-2-4-14-29)28-25(31)17-20-5-7-21(27)8-6-20/h5-10,18-19H,2-4,11-17H2,1H3,(H,28,31). The van der Waals surface area contributed by atoms with Crippen LogP contribution in [0.2, 0.25) is 0 Å². The van der Waals surface area contributed by atoms with Gasteiger partial charge in [0.25, 0.3) is 5.91 Å². The van der Waals surface area contributed by atoms with E-state index < -0.39 is 0 Å². The van der Waals surface area contributed by atoms with Crippen molar-refractivity contribution in [3.8, 4) is 0 Å². The summed E-state index contributed by atoms with van der Waals surface area (Å²) in [6, 6.07) is 11.6. The Labute approximate surface area is 189 Å². The molecule has 2 saturated heterocycles. The lowest BCUT2D eigenvalue weighted by Gasteiger charge is -2.34. The maximum absolute atomic E-state index is 13.5. The van der Waals surface area contributed by atoms with Crippen LogP contribution in [0.4, 0.5) is 15.8 Å². The maximum Gasteiger partial charge on any atom is 0.256 e. The number of anilines is 2. The smallest absolute Gasteiger partial charge is 0.256 e. The van der Waals surface area contributed by atoms with Crippen LogP contribution in [0.15, 0.2) is 42.5 Å². The first kappa shape index (κ1) is 22.3. The SMILES string of the molecule is CC1CCN(C(=O)c2cc(NC(=O)Cc3ccc(F)cc3)ccc2N2CCCCC2)CC1. The molecule has 5 nitrogen and oxygen atoms in total. The third kappa shape index (κ3) is 5.47. The van der Waals surface area contributed by atoms with Crippen LogP contribution in [0.3, 0.4) is 0 Å². The van der Waals surface area contributed by atoms with Crippen molar-refractivity contribution >= 4 is 23.2 Å². The molecular weight excluding hydrogens is 405 g/mol. The third-order valence-electron chi connectivity index (χ3n) is 6.56. The van der Waals surface area contributed by atoms with E-state index in [1.807, 2.05) is 23.1 Å². The molecule has 0 bridgehead atoms. The van der Waals surface area contributed by atoms with Gasteiger partial charge in [0.2, 0.25) is 5.91 Å². The fourth-order valence-electron chi connectivity index (χ4n) is 4.57. The Bertz CT molecular complexity index is 946. The summed E-state index contributed by atoms with van der Waals surface area (Å²) in [4.78, 5) is 30.3. The summed E-state index contributed by atoms with van der Waals surface area (Å²) in [6.45, 7) is 5.70. The molecule has 2 aliphatic rings. The minimum absolute atomic E-state index is 0.0482. The highest BCUT2D eigenvalue weighted by Gasteiger charge is 2.26. The van der Waals surface area contributed by atoms with Crippen molar-refractivity contribution in [1.29, 1.82) is 0 Å². The highest BCUT2D eigenvalue weighted by Crippen LogP contribution is 2.30. The largest absolute Gasteiger partial charge is 0.371 e. The predicted octanol–water partition coefficient (Wildman–Crippen LogP) is 4.87. The van der Waals surface area contributed by atoms with E-state index in [2.05, 4.69) is 17.1 Å². The quantitative estimate of drug-likeness (QED) is 0.726. The molecule has 2 aromatic carbocycles. The van der Waals surface area contributed by atoms with Gasteiger partial charge in [-0.2, -0.15) is 0 Å². The number of benzene rings is 2. The fourth-order valence-corrected chi connectivity index (χ4v) is 4.57. The Morgan fingerprint density at radius 2 is 1.66 bits per heavy atom. The van der Waals surface area contributed by atoms with Gasteiger partial charge in [0.1, 0.15) is 5.82 Å². The second-order valence-electron chi connectivity index (χ2n) is 9.11. The Balaban J connectivity index is 1.54. The Hall–Kier alpha value is -2.89. The number of amides is 2. The van der Waals surface area contributed by atoms with Gasteiger partial charge in [0.15, 0.2) is 0 Å². The molecule has 0 radical (unpaired) electrons. The summed E-state index contributed by atoms with van der Waals surface area (Å²) in [6.07, 6.45) is 5.69. The lowest BCUT2D eigenvalue weighted by molar-refractivity contribution is -0.115. The fraction of sp³-hybridized carbons (Fsp3) is 0.462. The molecule has 0 atom stereocenters. The van der Waals surface area contributed by atoms with E-state index in [0.29, 0.717) is 17.2 Å². The number of rotatable bonds is 5. The van der Waals surface area contributed by atoms with Gasteiger partial charge in [-0.1, -0.05) is 19.1 Å². The number of carbonyl (C=O) groups is 2. The molecule has 2 heterocycles. The molecule has 0 saturated carbocycles. The summed E-state index contributed by atoms with van der Waals surface area (Å²) in [5.74, 6) is 0.190. The van der Waals surface area contributed by atoms with Gasteiger partial charge in [-0.25, -0.2) is 4.39 Å². The van der Waals surface area contributed by atoms with Crippen LogP contribution in [-0.2, 0) is 11.2 Å². The van der Waals surface area contributed by atoms with Gasteiger partial charge in [-0.3, -0.25) is 9.59 Å². The van der Waals surface area contributed by atoms with Gasteiger partial charge in [-0.05, 0) is 73.9 Å². The molecule has 2 aromatic rings. The van der Waals surface area contributed by atoms with Crippen LogP contribution in [-0.4, -0.2) is 42.9 Å². The average Bonchev–Trinajstić information content (AvgIpc) is 2.81. The number of nitrogens with one attached hydrogen (secondary N) is 1. The maximum atomic E-state index is 13.5. The van der Waals surface area contributed by atoms with Crippen LogP contribution in [0.1, 0.15) is 54.9 Å². The van der Waals surface area contributed by atoms with Crippen molar-refractivity contribution in [1.82, 2.24) is 4.90 Å². The molecule has 2 fully saturated rings. The zero-order chi connectivity index (χ0) is 22.5. The lowest BCUT2D eigenvalue weighted by atomic mass is 9.98. The zero-order valence-corrected chi connectivity index (χ0v) is 18.8. The van der Waals surface area contributed by atoms with Crippen molar-refractivity contribution in [2.75, 3.05) is 36.4 Å². The molecule has 2 aliphatic heterocycles. The molecule has 170 valence electrons. The van der Waals surface area contributed by atoms with Gasteiger partial charge < -0.3 is 15.1 Å². The second kappa shape index (κ2) is 10.2. The van der Waals surface area contributed by atoms with E-state index in [0.717, 1.165) is 63.1 Å². The van der Waals surface area contributed by atoms with Crippen molar-refractivity contribution in [2.24, 2.45) is 5.92 Å². The lowest BCUT2D eigenvalue weighted by Crippen LogP contribution is -2.39. The number of hydrogen-bond donors (Lipinski definition) is 1. The number of likely N-dealkylation sites (tertiary alicyclic amines) is 1. The van der Waals surface area contributed by atoms with Gasteiger partial charge in [0, 0.05) is 37.6 Å². The normalized spacial score (nSPS) is 17.3. The molecule has 4 rings (SSSR count). The molecule has 32 heavy (non-hydrogen) atoms. The molecule has 0 aliphatic carbocycles. The molecule has 0 aromatic heterocycles. The first-order valence-electron chi connectivity index (χ1n) is 11.7. The number of hydrogen-bond acceptors (Lipinski definition) is 3. The van der Waals surface area contributed by atoms with Gasteiger partial charge in [0.05, 0.1) is 12.0 Å². The minimum atomic E-state index is -0.322. The topological polar surface area (TPSA) is 52.7 Å². The highest BCUT2D eigenvalue weighted by atomic mass is 19.1. The van der Waals surface area contributed by atoms with Crippen LogP contribution in [0.25, 0.3) is 0 Å². The van der Waals surface area contributed by atoms with Crippen molar-refractivity contribution in [3.05, 3.63) is 59.4 Å². The number of carbonyl (C=O) groups excluding carboxylic acids is 2. The van der Waals surface area contributed by atoms with Gasteiger partial charge in [-0.15, -0.1) is 0 Å². The summed E-state index contributed by atoms with van der Waals surface area (Å²) in [7, 11) is 0. The average molecular weight is 438 g/mol. The highest BCUT2D eigenvalue weighted by molar-refractivity contribution is 6.02. The summed E-state index contributed by atoms with van der Waals surface area (Å²) < 4.78 is 13.1. The van der Waals surface area contributed by atoms with Gasteiger partial charge >= 0.3 is 0 Å². The van der Waals surface area contributed by atoms with Crippen molar-refractivity contribution in [3.63, 3.8) is 0 Å². The monoisotopic (exact) mass is 437 g/mol. The Morgan fingerprint density at radius 1 is 0.969 bits per heavy atom. The Kier molecular flexibility index (Phi) is 7.08. The molecule has 1 N–H and O–H groups in total. The number of nitrogens with zero attached hydrogens (tertiary/aromatic N) is 2. The summed E-state index contributed by atoms with van der Waals surface area (Å²) in [5, 5.41) is 2.92. The van der Waals surface area contributed by atoms with Crippen molar-refractivity contribution in [2.45, 2.75) is 45.4 Å². The first-order valence-corrected chi connectivity index (χ1v) is 11.7. The minimum Gasteiger partial charge on any atom is -0.371 e. The number of halogens is 1. The van der Waals surface area contributed by atoms with Crippen molar-refractivity contribution < 1.29 is 14.0 Å². The Morgan fingerprint density at radius 3 is 2.34 bits per heavy atom. The van der Waals surface area contributed by atoms with E-state index >= 15 is 0 Å². The van der Waals surface area contributed by atoms with Crippen LogP contribution in [0, 0.1) is 11.7 Å². The summed E-state index contributed by atoms with van der Waals surface area (Å²) >= 11 is 0. The molecule has 6 heteroatoms. The first-order chi connectivity index (χ1) is 15.5. The van der Waals surface area contributed by atoms with Crippen LogP contribution >= 0.6 is 0 Å². The predicted molar refractivity (Wildman–Crippen MR) is 126 cm³/mol. The van der Waals surface area contributed by atoms with E-state index in [-0.39, 0.29) is 24.1 Å². The molecule has 0 unspecified atom stereocenters. The number of piperidine rings is 2. The molecule has 2 amide bonds. The third-order valence-corrected chi connectivity index (χ3v) is 6.56. The van der Waals surface area contributed by atoms with E-state index in [1.54, 1.807) is 12.1 Å². The second-order valence-corrected chi connectivity index (χ2v) is 9.11. The molecule has 0 spiro atoms. The molecular formula is C26H32FN3O2. The van der Waals surface area contributed by atoms with E-state index in [4.69, 9.17) is 0 Å². The zero-order valence-electron chi connectivity index (χ0n) is 18.8.